The maximum Gasteiger partial charge on any atom is 0.128 e. The van der Waals surface area contributed by atoms with E-state index >= 15 is 0 Å². The van der Waals surface area contributed by atoms with Gasteiger partial charge in [0, 0.05) is 18.0 Å². The summed E-state index contributed by atoms with van der Waals surface area (Å²) in [5, 5.41) is 0. The lowest BCUT2D eigenvalue weighted by atomic mass is 9.96. The molecule has 1 heterocycles. The summed E-state index contributed by atoms with van der Waals surface area (Å²) in [6.07, 6.45) is 3.40. The third-order valence-corrected chi connectivity index (χ3v) is 2.91. The van der Waals surface area contributed by atoms with E-state index in [1.807, 2.05) is 26.0 Å². The average molecular weight is 230 g/mol. The van der Waals surface area contributed by atoms with Gasteiger partial charge in [0.05, 0.1) is 6.04 Å². The van der Waals surface area contributed by atoms with Gasteiger partial charge in [-0.3, -0.25) is 4.98 Å². The van der Waals surface area contributed by atoms with Crippen LogP contribution in [-0.4, -0.2) is 4.98 Å². The lowest BCUT2D eigenvalue weighted by molar-refractivity contribution is 0.598. The molecule has 0 aliphatic heterocycles. The molecule has 0 amide bonds. The first kappa shape index (κ1) is 11.7. The van der Waals surface area contributed by atoms with Gasteiger partial charge in [0.25, 0.3) is 0 Å². The number of nitrogens with zero attached hydrogens (tertiary/aromatic N) is 1. The molecule has 0 aliphatic rings. The molecular weight excluding hydrogens is 215 g/mol. The molecule has 2 N–H and O–H groups in total. The highest BCUT2D eigenvalue weighted by Crippen LogP contribution is 2.24. The Bertz CT molecular complexity index is 537. The molecule has 0 aliphatic carbocycles. The number of aromatic nitrogens is 1. The minimum absolute atomic E-state index is 0.263. The summed E-state index contributed by atoms with van der Waals surface area (Å²) in [6.45, 7) is 3.80. The maximum absolute atomic E-state index is 13.8. The highest BCUT2D eigenvalue weighted by atomic mass is 19.1. The summed E-state index contributed by atoms with van der Waals surface area (Å²) >= 11 is 0. The summed E-state index contributed by atoms with van der Waals surface area (Å²) in [7, 11) is 0. The van der Waals surface area contributed by atoms with Crippen molar-refractivity contribution in [3.63, 3.8) is 0 Å². The number of nitrogens with two attached hydrogens (primary N) is 1. The number of pyridine rings is 1. The van der Waals surface area contributed by atoms with Crippen LogP contribution in [-0.2, 0) is 0 Å². The Morgan fingerprint density at radius 1 is 1.18 bits per heavy atom. The number of halogens is 1. The molecule has 3 heteroatoms. The van der Waals surface area contributed by atoms with E-state index in [9.17, 15) is 4.39 Å². The molecule has 0 radical (unpaired) electrons. The fourth-order valence-corrected chi connectivity index (χ4v) is 1.85. The van der Waals surface area contributed by atoms with Gasteiger partial charge in [0.1, 0.15) is 5.82 Å². The van der Waals surface area contributed by atoms with E-state index in [1.165, 1.54) is 6.07 Å². The molecule has 0 bridgehead atoms. The van der Waals surface area contributed by atoms with Crippen molar-refractivity contribution in [2.75, 3.05) is 0 Å². The highest BCUT2D eigenvalue weighted by molar-refractivity contribution is 5.36. The van der Waals surface area contributed by atoms with E-state index in [4.69, 9.17) is 5.73 Å². The van der Waals surface area contributed by atoms with Crippen molar-refractivity contribution in [1.82, 2.24) is 4.98 Å². The topological polar surface area (TPSA) is 38.9 Å². The largest absolute Gasteiger partial charge is 0.320 e. The predicted octanol–water partition coefficient (Wildman–Crippen LogP) is 2.89. The Kier molecular flexibility index (Phi) is 3.20. The Hall–Kier alpha value is -1.74. The van der Waals surface area contributed by atoms with Crippen LogP contribution in [0, 0.1) is 19.7 Å². The smallest absolute Gasteiger partial charge is 0.128 e. The number of hydrogen-bond acceptors (Lipinski definition) is 2. The van der Waals surface area contributed by atoms with E-state index < -0.39 is 6.04 Å². The zero-order chi connectivity index (χ0) is 12.4. The first-order valence-electron chi connectivity index (χ1n) is 5.51. The van der Waals surface area contributed by atoms with Crippen LogP contribution < -0.4 is 5.73 Å². The zero-order valence-electron chi connectivity index (χ0n) is 9.94. The molecule has 88 valence electrons. The third-order valence-electron chi connectivity index (χ3n) is 2.91. The second-order valence-corrected chi connectivity index (χ2v) is 4.23. The highest BCUT2D eigenvalue weighted by Gasteiger charge is 2.15. The van der Waals surface area contributed by atoms with Crippen LogP contribution in [0.15, 0.2) is 36.7 Å². The molecular formula is C14H15FN2. The van der Waals surface area contributed by atoms with Gasteiger partial charge in [0.15, 0.2) is 0 Å². The van der Waals surface area contributed by atoms with Crippen LogP contribution in [0.4, 0.5) is 4.39 Å². The van der Waals surface area contributed by atoms with Gasteiger partial charge in [0.2, 0.25) is 0 Å². The van der Waals surface area contributed by atoms with Crippen molar-refractivity contribution in [2.24, 2.45) is 5.73 Å². The summed E-state index contributed by atoms with van der Waals surface area (Å²) in [6, 6.07) is 6.51. The normalized spacial score (nSPS) is 12.5. The van der Waals surface area contributed by atoms with E-state index in [0.717, 1.165) is 16.7 Å². The van der Waals surface area contributed by atoms with Crippen molar-refractivity contribution >= 4 is 0 Å². The first-order chi connectivity index (χ1) is 8.09. The lowest BCUT2D eigenvalue weighted by Crippen LogP contribution is -2.15. The molecule has 1 aromatic heterocycles. The van der Waals surface area contributed by atoms with Crippen molar-refractivity contribution < 1.29 is 4.39 Å². The molecule has 0 saturated carbocycles. The fraction of sp³-hybridized carbons (Fsp3) is 0.214. The Balaban J connectivity index is 2.44. The maximum atomic E-state index is 13.8. The Morgan fingerprint density at radius 3 is 2.59 bits per heavy atom. The Labute approximate surface area is 100 Å². The third kappa shape index (κ3) is 2.34. The Morgan fingerprint density at radius 2 is 1.94 bits per heavy atom. The summed E-state index contributed by atoms with van der Waals surface area (Å²) in [5.74, 6) is -0.263. The van der Waals surface area contributed by atoms with Gasteiger partial charge in [-0.05, 0) is 42.7 Å². The van der Waals surface area contributed by atoms with Gasteiger partial charge in [-0.2, -0.15) is 0 Å². The number of aryl methyl sites for hydroxylation is 2. The molecule has 0 spiro atoms. The van der Waals surface area contributed by atoms with E-state index in [0.29, 0.717) is 5.56 Å². The molecule has 2 nitrogen and oxygen atoms in total. The van der Waals surface area contributed by atoms with Crippen molar-refractivity contribution in [3.8, 4) is 0 Å². The van der Waals surface area contributed by atoms with Crippen molar-refractivity contribution in [2.45, 2.75) is 19.9 Å². The quantitative estimate of drug-likeness (QED) is 0.861. The molecule has 17 heavy (non-hydrogen) atoms. The van der Waals surface area contributed by atoms with Crippen LogP contribution in [0.5, 0.6) is 0 Å². The zero-order valence-corrected chi connectivity index (χ0v) is 9.94. The molecule has 1 atom stereocenters. The standard InChI is InChI=1S/C14H15FN2/c1-9-3-4-11(13(15)7-9)14(16)12-8-17-6-5-10(12)2/h3-8,14H,16H2,1-2H3. The van der Waals surface area contributed by atoms with Crippen LogP contribution >= 0.6 is 0 Å². The number of rotatable bonds is 2. The van der Waals surface area contributed by atoms with Crippen molar-refractivity contribution in [3.05, 3.63) is 64.7 Å². The molecule has 1 unspecified atom stereocenters. The fourth-order valence-electron chi connectivity index (χ4n) is 1.85. The molecule has 2 rings (SSSR count). The second-order valence-electron chi connectivity index (χ2n) is 4.23. The molecule has 0 fully saturated rings. The number of benzene rings is 1. The van der Waals surface area contributed by atoms with E-state index in [2.05, 4.69) is 4.98 Å². The van der Waals surface area contributed by atoms with Crippen molar-refractivity contribution in [1.29, 1.82) is 0 Å². The average Bonchev–Trinajstić information content (AvgIpc) is 2.29. The molecule has 2 aromatic rings. The summed E-state index contributed by atoms with van der Waals surface area (Å²) in [4.78, 5) is 4.04. The first-order valence-corrected chi connectivity index (χ1v) is 5.51. The monoisotopic (exact) mass is 230 g/mol. The molecule has 0 saturated heterocycles. The predicted molar refractivity (Wildman–Crippen MR) is 66.1 cm³/mol. The van der Waals surface area contributed by atoms with Gasteiger partial charge in [-0.15, -0.1) is 0 Å². The van der Waals surface area contributed by atoms with Crippen LogP contribution in [0.2, 0.25) is 0 Å². The van der Waals surface area contributed by atoms with E-state index in [1.54, 1.807) is 18.5 Å². The van der Waals surface area contributed by atoms with Gasteiger partial charge in [-0.25, -0.2) is 4.39 Å². The van der Waals surface area contributed by atoms with Crippen LogP contribution in [0.25, 0.3) is 0 Å². The van der Waals surface area contributed by atoms with Gasteiger partial charge in [-0.1, -0.05) is 12.1 Å². The summed E-state index contributed by atoms with van der Waals surface area (Å²) in [5.41, 5.74) is 9.36. The van der Waals surface area contributed by atoms with Gasteiger partial charge >= 0.3 is 0 Å². The SMILES string of the molecule is Cc1ccc(C(N)c2cnccc2C)c(F)c1. The number of hydrogen-bond donors (Lipinski definition) is 1. The minimum atomic E-state index is -0.468. The van der Waals surface area contributed by atoms with Crippen LogP contribution in [0.3, 0.4) is 0 Å². The van der Waals surface area contributed by atoms with Crippen LogP contribution in [0.1, 0.15) is 28.3 Å². The van der Waals surface area contributed by atoms with E-state index in [-0.39, 0.29) is 5.82 Å². The second kappa shape index (κ2) is 4.63. The molecule has 1 aromatic carbocycles. The minimum Gasteiger partial charge on any atom is -0.320 e. The summed E-state index contributed by atoms with van der Waals surface area (Å²) < 4.78 is 13.8. The lowest BCUT2D eigenvalue weighted by Gasteiger charge is -2.15. The van der Waals surface area contributed by atoms with Gasteiger partial charge < -0.3 is 5.73 Å².